The Labute approximate surface area is 243 Å². The molecular weight excluding hydrogens is 540 g/mol. The van der Waals surface area contributed by atoms with Crippen molar-refractivity contribution in [2.24, 2.45) is 5.41 Å². The highest BCUT2D eigenvalue weighted by atomic mass is 32.1. The van der Waals surface area contributed by atoms with Crippen molar-refractivity contribution in [1.82, 2.24) is 10.3 Å². The Morgan fingerprint density at radius 2 is 1.88 bits per heavy atom. The van der Waals surface area contributed by atoms with Crippen molar-refractivity contribution in [3.05, 3.63) is 96.0 Å². The average Bonchev–Trinajstić information content (AvgIpc) is 3.58. The number of hydrogen-bond acceptors (Lipinski definition) is 6. The Morgan fingerprint density at radius 3 is 2.56 bits per heavy atom. The molecule has 4 aromatic rings. The quantitative estimate of drug-likeness (QED) is 0.223. The minimum atomic E-state index is -1.01. The fraction of sp³-hybridized carbons (Fsp3) is 0.226. The normalized spacial score (nSPS) is 16.8. The van der Waals surface area contributed by atoms with E-state index in [4.69, 9.17) is 21.4 Å². The molecule has 1 aliphatic rings. The summed E-state index contributed by atoms with van der Waals surface area (Å²) >= 11 is 5.82. The van der Waals surface area contributed by atoms with E-state index >= 15 is 0 Å². The van der Waals surface area contributed by atoms with Crippen LogP contribution < -0.4 is 20.3 Å². The van der Waals surface area contributed by atoms with Gasteiger partial charge in [-0.05, 0) is 60.7 Å². The van der Waals surface area contributed by atoms with Crippen LogP contribution in [0.5, 0.6) is 5.75 Å². The van der Waals surface area contributed by atoms with Gasteiger partial charge in [-0.15, -0.1) is 0 Å². The van der Waals surface area contributed by atoms with Gasteiger partial charge >= 0.3 is 5.97 Å². The lowest BCUT2D eigenvalue weighted by Crippen LogP contribution is -2.30. The number of thiocarbonyl (C=S) groups is 1. The molecule has 2 unspecified atom stereocenters. The second-order valence-corrected chi connectivity index (χ2v) is 11.1. The van der Waals surface area contributed by atoms with Crippen LogP contribution in [-0.2, 0) is 4.79 Å². The fourth-order valence-corrected chi connectivity index (χ4v) is 4.98. The van der Waals surface area contributed by atoms with Gasteiger partial charge in [0.1, 0.15) is 23.3 Å². The van der Waals surface area contributed by atoms with Crippen molar-refractivity contribution in [3.63, 3.8) is 0 Å². The van der Waals surface area contributed by atoms with Crippen molar-refractivity contribution in [1.29, 1.82) is 0 Å². The van der Waals surface area contributed by atoms with Gasteiger partial charge in [0.15, 0.2) is 5.11 Å². The minimum Gasteiger partial charge on any atom is -0.494 e. The number of carboxylic acids is 1. The van der Waals surface area contributed by atoms with Crippen LogP contribution >= 0.6 is 12.2 Å². The fourth-order valence-electron chi connectivity index (χ4n) is 4.64. The summed E-state index contributed by atoms with van der Waals surface area (Å²) in [5.41, 5.74) is 2.28. The molecule has 9 nitrogen and oxygen atoms in total. The molecule has 0 aliphatic carbocycles. The molecular formula is C31H30N4O5S. The maximum atomic E-state index is 12.7. The number of benzene rings is 2. The van der Waals surface area contributed by atoms with Crippen molar-refractivity contribution in [3.8, 4) is 17.1 Å². The van der Waals surface area contributed by atoms with E-state index in [9.17, 15) is 14.7 Å². The predicted molar refractivity (Wildman–Crippen MR) is 160 cm³/mol. The minimum absolute atomic E-state index is 0.134. The van der Waals surface area contributed by atoms with Crippen LogP contribution in [0, 0.1) is 5.41 Å². The van der Waals surface area contributed by atoms with E-state index in [1.807, 2.05) is 68.1 Å². The third-order valence-corrected chi connectivity index (χ3v) is 7.12. The number of pyridine rings is 1. The topological polar surface area (TPSA) is 117 Å². The van der Waals surface area contributed by atoms with E-state index in [2.05, 4.69) is 15.6 Å². The van der Waals surface area contributed by atoms with E-state index in [-0.39, 0.29) is 17.5 Å². The number of anilines is 2. The van der Waals surface area contributed by atoms with Crippen molar-refractivity contribution >= 4 is 40.6 Å². The molecule has 3 N–H and O–H groups in total. The monoisotopic (exact) mass is 570 g/mol. The zero-order valence-electron chi connectivity index (χ0n) is 23.0. The maximum absolute atomic E-state index is 12.7. The van der Waals surface area contributed by atoms with Gasteiger partial charge in [-0.25, -0.2) is 4.79 Å². The zero-order valence-corrected chi connectivity index (χ0v) is 23.9. The summed E-state index contributed by atoms with van der Waals surface area (Å²) in [5.74, 6) is 0.464. The van der Waals surface area contributed by atoms with Crippen LogP contribution in [0.4, 0.5) is 11.4 Å². The van der Waals surface area contributed by atoms with Crippen molar-refractivity contribution in [2.75, 3.05) is 17.3 Å². The summed E-state index contributed by atoms with van der Waals surface area (Å²) in [7, 11) is 1.55. The smallest absolute Gasteiger partial charge is 0.335 e. The van der Waals surface area contributed by atoms with Gasteiger partial charge in [0.25, 0.3) is 0 Å². The van der Waals surface area contributed by atoms with Crippen LogP contribution in [0.15, 0.2) is 83.4 Å². The number of ether oxygens (including phenoxy) is 1. The summed E-state index contributed by atoms with van der Waals surface area (Å²) in [5, 5.41) is 16.2. The number of aromatic carboxylic acids is 1. The molecule has 0 saturated carbocycles. The van der Waals surface area contributed by atoms with Crippen molar-refractivity contribution < 1.29 is 23.8 Å². The van der Waals surface area contributed by atoms with E-state index in [1.165, 1.54) is 6.07 Å². The first-order valence-corrected chi connectivity index (χ1v) is 13.4. The molecule has 1 saturated heterocycles. The van der Waals surface area contributed by atoms with E-state index in [1.54, 1.807) is 37.6 Å². The Bertz CT molecular complexity index is 1610. The Hall–Kier alpha value is -4.70. The number of rotatable bonds is 7. The molecule has 2 atom stereocenters. The van der Waals surface area contributed by atoms with Crippen LogP contribution in [0.2, 0.25) is 0 Å². The number of carbonyl (C=O) groups excluding carboxylic acids is 1. The van der Waals surface area contributed by atoms with Crippen molar-refractivity contribution in [2.45, 2.75) is 32.9 Å². The number of carbonyl (C=O) groups is 2. The second-order valence-electron chi connectivity index (χ2n) is 10.7. The molecule has 210 valence electrons. The molecule has 2 aromatic carbocycles. The number of furan rings is 1. The predicted octanol–water partition coefficient (Wildman–Crippen LogP) is 6.21. The molecule has 3 heterocycles. The highest BCUT2D eigenvalue weighted by molar-refractivity contribution is 7.80. The third kappa shape index (κ3) is 5.64. The SMILES string of the molecule is COc1cc(N2C(=S)NC(c3ccccn3)C2c2ccc(-c3cccc(C(=O)O)c3)o2)ccc1NC(=O)C(C)(C)C. The summed E-state index contributed by atoms with van der Waals surface area (Å²) < 4.78 is 12.0. The van der Waals surface area contributed by atoms with Gasteiger partial charge in [0.2, 0.25) is 5.91 Å². The van der Waals surface area contributed by atoms with Crippen LogP contribution in [0.3, 0.4) is 0 Å². The molecule has 2 aromatic heterocycles. The maximum Gasteiger partial charge on any atom is 0.335 e. The number of methoxy groups -OCH3 is 1. The summed E-state index contributed by atoms with van der Waals surface area (Å²) in [6.07, 6.45) is 1.72. The molecule has 1 amide bonds. The largest absolute Gasteiger partial charge is 0.494 e. The van der Waals surface area contributed by atoms with Crippen LogP contribution in [0.1, 0.15) is 54.7 Å². The number of amides is 1. The molecule has 0 spiro atoms. The van der Waals surface area contributed by atoms with Gasteiger partial charge in [0.05, 0.1) is 30.1 Å². The Balaban J connectivity index is 1.56. The van der Waals surface area contributed by atoms with Gasteiger partial charge in [-0.2, -0.15) is 0 Å². The second kappa shape index (κ2) is 11.1. The Morgan fingerprint density at radius 1 is 1.07 bits per heavy atom. The third-order valence-electron chi connectivity index (χ3n) is 6.80. The van der Waals surface area contributed by atoms with Gasteiger partial charge in [0, 0.05) is 28.9 Å². The molecule has 0 radical (unpaired) electrons. The highest BCUT2D eigenvalue weighted by Crippen LogP contribution is 2.44. The average molecular weight is 571 g/mol. The van der Waals surface area contributed by atoms with Gasteiger partial charge in [-0.3, -0.25) is 9.78 Å². The summed E-state index contributed by atoms with van der Waals surface area (Å²) in [4.78, 5) is 30.7. The number of carboxylic acid groups (broad SMARTS) is 1. The molecule has 5 rings (SSSR count). The highest BCUT2D eigenvalue weighted by Gasteiger charge is 2.43. The van der Waals surface area contributed by atoms with E-state index in [0.717, 1.165) is 11.4 Å². The zero-order chi connectivity index (χ0) is 29.3. The lowest BCUT2D eigenvalue weighted by Gasteiger charge is -2.27. The lowest BCUT2D eigenvalue weighted by molar-refractivity contribution is -0.123. The van der Waals surface area contributed by atoms with E-state index < -0.39 is 17.4 Å². The molecule has 1 fully saturated rings. The molecule has 41 heavy (non-hydrogen) atoms. The summed E-state index contributed by atoms with van der Waals surface area (Å²) in [6.45, 7) is 5.53. The van der Waals surface area contributed by atoms with Gasteiger partial charge < -0.3 is 29.8 Å². The molecule has 0 bridgehead atoms. The number of aromatic nitrogens is 1. The Kier molecular flexibility index (Phi) is 7.51. The lowest BCUT2D eigenvalue weighted by atomic mass is 9.95. The summed E-state index contributed by atoms with van der Waals surface area (Å²) in [6, 6.07) is 20.6. The van der Waals surface area contributed by atoms with Crippen LogP contribution in [0.25, 0.3) is 11.3 Å². The van der Waals surface area contributed by atoms with Gasteiger partial charge in [-0.1, -0.05) is 39.0 Å². The number of hydrogen-bond donors (Lipinski definition) is 3. The van der Waals surface area contributed by atoms with E-state index in [0.29, 0.717) is 33.6 Å². The standard InChI is InChI=1S/C31H30N4O5S/c1-31(2,3)29(38)33-21-12-11-20(17-25(21)39-4)35-27(26(34-30(35)41)22-10-5-6-15-32-22)24-14-13-23(40-24)18-8-7-9-19(16-18)28(36)37/h5-17,26-27H,1-4H3,(H,33,38)(H,34,41)(H,36,37). The first kappa shape index (κ1) is 27.9. The number of nitrogens with one attached hydrogen (secondary N) is 2. The molecule has 1 aliphatic heterocycles. The number of nitrogens with zero attached hydrogens (tertiary/aromatic N) is 2. The molecule has 10 heteroatoms. The van der Waals surface area contributed by atoms with Crippen LogP contribution in [-0.4, -0.2) is 34.2 Å². The first-order valence-electron chi connectivity index (χ1n) is 13.0. The first-order chi connectivity index (χ1) is 19.6.